The van der Waals surface area contributed by atoms with Gasteiger partial charge in [0.25, 0.3) is 5.91 Å². The SMILES string of the molecule is COC(=O)CNC(=O)c1cc(F)ccc1-n1cnnn1. The predicted octanol–water partition coefficient (Wildman–Crippen LogP) is -0.296. The van der Waals surface area contributed by atoms with Crippen LogP contribution in [-0.2, 0) is 9.53 Å². The van der Waals surface area contributed by atoms with Crippen molar-refractivity contribution in [2.24, 2.45) is 0 Å². The summed E-state index contributed by atoms with van der Waals surface area (Å²) in [6.45, 7) is -0.319. The maximum absolute atomic E-state index is 13.3. The van der Waals surface area contributed by atoms with Crippen molar-refractivity contribution in [1.29, 1.82) is 0 Å². The first-order valence-electron chi connectivity index (χ1n) is 5.49. The average molecular weight is 279 g/mol. The van der Waals surface area contributed by atoms with Crippen molar-refractivity contribution < 1.29 is 18.7 Å². The van der Waals surface area contributed by atoms with E-state index in [1.807, 2.05) is 0 Å². The van der Waals surface area contributed by atoms with Gasteiger partial charge in [0.05, 0.1) is 18.4 Å². The van der Waals surface area contributed by atoms with Crippen LogP contribution in [0.3, 0.4) is 0 Å². The smallest absolute Gasteiger partial charge is 0.325 e. The van der Waals surface area contributed by atoms with Crippen molar-refractivity contribution >= 4 is 11.9 Å². The first-order valence-corrected chi connectivity index (χ1v) is 5.49. The van der Waals surface area contributed by atoms with Crippen molar-refractivity contribution in [2.45, 2.75) is 0 Å². The number of ether oxygens (including phenoxy) is 1. The first kappa shape index (κ1) is 13.6. The molecule has 20 heavy (non-hydrogen) atoms. The third-order valence-corrected chi connectivity index (χ3v) is 2.42. The number of hydrogen-bond donors (Lipinski definition) is 1. The molecule has 1 aromatic heterocycles. The summed E-state index contributed by atoms with van der Waals surface area (Å²) < 4.78 is 18.9. The van der Waals surface area contributed by atoms with Gasteiger partial charge in [-0.1, -0.05) is 0 Å². The Balaban J connectivity index is 2.28. The Hall–Kier alpha value is -2.84. The van der Waals surface area contributed by atoms with Gasteiger partial charge in [0.1, 0.15) is 18.7 Å². The molecular formula is C11H10FN5O3. The summed E-state index contributed by atoms with van der Waals surface area (Å²) in [7, 11) is 1.20. The van der Waals surface area contributed by atoms with E-state index >= 15 is 0 Å². The maximum atomic E-state index is 13.3. The zero-order chi connectivity index (χ0) is 14.5. The third-order valence-electron chi connectivity index (χ3n) is 2.42. The fourth-order valence-electron chi connectivity index (χ4n) is 1.48. The molecule has 2 aromatic rings. The normalized spacial score (nSPS) is 10.1. The molecule has 0 bridgehead atoms. The van der Waals surface area contributed by atoms with E-state index in [4.69, 9.17) is 0 Å². The highest BCUT2D eigenvalue weighted by molar-refractivity contribution is 5.99. The van der Waals surface area contributed by atoms with E-state index in [1.54, 1.807) is 0 Å². The molecule has 0 aliphatic rings. The van der Waals surface area contributed by atoms with Gasteiger partial charge in [-0.2, -0.15) is 4.68 Å². The lowest BCUT2D eigenvalue weighted by Gasteiger charge is -2.09. The number of nitrogens with zero attached hydrogens (tertiary/aromatic N) is 4. The molecule has 0 atom stereocenters. The summed E-state index contributed by atoms with van der Waals surface area (Å²) in [5, 5.41) is 12.8. The molecule has 0 saturated carbocycles. The fourth-order valence-corrected chi connectivity index (χ4v) is 1.48. The second-order valence-corrected chi connectivity index (χ2v) is 3.67. The van der Waals surface area contributed by atoms with Gasteiger partial charge < -0.3 is 10.1 Å². The second-order valence-electron chi connectivity index (χ2n) is 3.67. The molecule has 0 radical (unpaired) electrons. The Labute approximate surface area is 112 Å². The summed E-state index contributed by atoms with van der Waals surface area (Å²) in [6.07, 6.45) is 1.27. The van der Waals surface area contributed by atoms with Gasteiger partial charge >= 0.3 is 5.97 Å². The summed E-state index contributed by atoms with van der Waals surface area (Å²) in [4.78, 5) is 22.9. The van der Waals surface area contributed by atoms with Crippen LogP contribution >= 0.6 is 0 Å². The molecule has 0 spiro atoms. The molecule has 1 N–H and O–H groups in total. The van der Waals surface area contributed by atoms with Crippen LogP contribution in [0.5, 0.6) is 0 Å². The number of aromatic nitrogens is 4. The van der Waals surface area contributed by atoms with Gasteiger partial charge in [-0.15, -0.1) is 5.10 Å². The molecule has 104 valence electrons. The molecule has 0 fully saturated rings. The number of halogens is 1. The Bertz CT molecular complexity index is 629. The third kappa shape index (κ3) is 2.94. The molecule has 9 heteroatoms. The molecule has 0 aliphatic heterocycles. The number of amides is 1. The molecule has 1 heterocycles. The van der Waals surface area contributed by atoms with Crippen molar-refractivity contribution in [3.8, 4) is 5.69 Å². The summed E-state index contributed by atoms with van der Waals surface area (Å²) in [5.74, 6) is -1.84. The van der Waals surface area contributed by atoms with E-state index in [0.29, 0.717) is 5.69 Å². The zero-order valence-electron chi connectivity index (χ0n) is 10.4. The van der Waals surface area contributed by atoms with E-state index in [-0.39, 0.29) is 12.1 Å². The van der Waals surface area contributed by atoms with Gasteiger partial charge in [-0.05, 0) is 28.6 Å². The lowest BCUT2D eigenvalue weighted by molar-refractivity contribution is -0.139. The predicted molar refractivity (Wildman–Crippen MR) is 63.5 cm³/mol. The molecule has 2 rings (SSSR count). The number of tetrazole rings is 1. The lowest BCUT2D eigenvalue weighted by Crippen LogP contribution is -2.31. The van der Waals surface area contributed by atoms with Crippen LogP contribution in [0.15, 0.2) is 24.5 Å². The van der Waals surface area contributed by atoms with E-state index in [9.17, 15) is 14.0 Å². The molecule has 1 amide bonds. The zero-order valence-corrected chi connectivity index (χ0v) is 10.4. The largest absolute Gasteiger partial charge is 0.468 e. The molecule has 8 nitrogen and oxygen atoms in total. The van der Waals surface area contributed by atoms with Crippen LogP contribution in [-0.4, -0.2) is 45.7 Å². The van der Waals surface area contributed by atoms with Crippen LogP contribution in [0, 0.1) is 5.82 Å². The highest BCUT2D eigenvalue weighted by Gasteiger charge is 2.15. The first-order chi connectivity index (χ1) is 9.61. The van der Waals surface area contributed by atoms with Gasteiger partial charge in [0.15, 0.2) is 0 Å². The molecule has 0 unspecified atom stereocenters. The van der Waals surface area contributed by atoms with Gasteiger partial charge in [-0.3, -0.25) is 9.59 Å². The quantitative estimate of drug-likeness (QED) is 0.772. The van der Waals surface area contributed by atoms with Gasteiger partial charge in [0.2, 0.25) is 0 Å². The number of rotatable bonds is 4. The van der Waals surface area contributed by atoms with E-state index < -0.39 is 17.7 Å². The molecule has 0 aliphatic carbocycles. The Morgan fingerprint density at radius 3 is 2.90 bits per heavy atom. The van der Waals surface area contributed by atoms with Crippen LogP contribution in [0.2, 0.25) is 0 Å². The number of carbonyl (C=O) groups excluding carboxylic acids is 2. The van der Waals surface area contributed by atoms with E-state index in [0.717, 1.165) is 6.07 Å². The van der Waals surface area contributed by atoms with Crippen molar-refractivity contribution in [3.63, 3.8) is 0 Å². The number of methoxy groups -OCH3 is 1. The second kappa shape index (κ2) is 5.87. The Morgan fingerprint density at radius 1 is 1.45 bits per heavy atom. The lowest BCUT2D eigenvalue weighted by atomic mass is 10.1. The minimum Gasteiger partial charge on any atom is -0.468 e. The highest BCUT2D eigenvalue weighted by Crippen LogP contribution is 2.14. The number of nitrogens with one attached hydrogen (secondary N) is 1. The minimum absolute atomic E-state index is 0.00111. The maximum Gasteiger partial charge on any atom is 0.325 e. The molecule has 1 aromatic carbocycles. The van der Waals surface area contributed by atoms with Crippen molar-refractivity contribution in [3.05, 3.63) is 35.9 Å². The Kier molecular flexibility index (Phi) is 3.99. The monoisotopic (exact) mass is 279 g/mol. The minimum atomic E-state index is -0.639. The van der Waals surface area contributed by atoms with Crippen LogP contribution in [0.1, 0.15) is 10.4 Å². The standard InChI is InChI=1S/C11H10FN5O3/c1-20-10(18)5-13-11(19)8-4-7(12)2-3-9(8)17-6-14-15-16-17/h2-4,6H,5H2,1H3,(H,13,19). The Morgan fingerprint density at radius 2 is 2.25 bits per heavy atom. The topological polar surface area (TPSA) is 99.0 Å². The highest BCUT2D eigenvalue weighted by atomic mass is 19.1. The molecule has 0 saturated heterocycles. The van der Waals surface area contributed by atoms with Crippen molar-refractivity contribution in [2.75, 3.05) is 13.7 Å². The van der Waals surface area contributed by atoms with Gasteiger partial charge in [0, 0.05) is 0 Å². The van der Waals surface area contributed by atoms with E-state index in [2.05, 4.69) is 25.6 Å². The van der Waals surface area contributed by atoms with Gasteiger partial charge in [-0.25, -0.2) is 4.39 Å². The number of carbonyl (C=O) groups is 2. The number of esters is 1. The summed E-state index contributed by atoms with van der Waals surface area (Å²) >= 11 is 0. The van der Waals surface area contributed by atoms with Crippen LogP contribution in [0.25, 0.3) is 5.69 Å². The fraction of sp³-hybridized carbons (Fsp3) is 0.182. The summed E-state index contributed by atoms with van der Waals surface area (Å²) in [6, 6.07) is 3.57. The van der Waals surface area contributed by atoms with Crippen LogP contribution < -0.4 is 5.32 Å². The number of hydrogen-bond acceptors (Lipinski definition) is 6. The van der Waals surface area contributed by atoms with Crippen molar-refractivity contribution in [1.82, 2.24) is 25.5 Å². The summed E-state index contributed by atoms with van der Waals surface area (Å²) in [5.41, 5.74) is 0.292. The number of benzene rings is 1. The van der Waals surface area contributed by atoms with Crippen LogP contribution in [0.4, 0.5) is 4.39 Å². The van der Waals surface area contributed by atoms with E-state index in [1.165, 1.54) is 30.3 Å². The molecular weight excluding hydrogens is 269 g/mol. The average Bonchev–Trinajstić information content (AvgIpc) is 2.98.